The van der Waals surface area contributed by atoms with Crippen LogP contribution in [0.2, 0.25) is 0 Å². The van der Waals surface area contributed by atoms with Crippen LogP contribution in [0.3, 0.4) is 0 Å². The van der Waals surface area contributed by atoms with Gasteiger partial charge in [0.15, 0.2) is 0 Å². The minimum Gasteiger partial charge on any atom is -0.462 e. The van der Waals surface area contributed by atoms with Gasteiger partial charge in [-0.3, -0.25) is 9.59 Å². The molecule has 2 heterocycles. The van der Waals surface area contributed by atoms with Crippen LogP contribution in [0, 0.1) is 0 Å². The molecular weight excluding hydrogens is 408 g/mol. The van der Waals surface area contributed by atoms with Crippen molar-refractivity contribution in [3.63, 3.8) is 0 Å². The van der Waals surface area contributed by atoms with Crippen LogP contribution in [0.4, 0.5) is 0 Å². The van der Waals surface area contributed by atoms with E-state index in [0.29, 0.717) is 12.8 Å². The first kappa shape index (κ1) is 22.6. The van der Waals surface area contributed by atoms with Crippen LogP contribution >= 0.6 is 43.2 Å². The van der Waals surface area contributed by atoms with Crippen molar-refractivity contribution in [1.82, 2.24) is 0 Å². The van der Waals surface area contributed by atoms with Gasteiger partial charge in [-0.2, -0.15) is 0 Å². The second-order valence-corrected chi connectivity index (χ2v) is 12.2. The highest BCUT2D eigenvalue weighted by atomic mass is 33.1. The van der Waals surface area contributed by atoms with Crippen LogP contribution in [0.5, 0.6) is 0 Å². The van der Waals surface area contributed by atoms with Gasteiger partial charge in [0.1, 0.15) is 13.2 Å². The first-order valence-corrected chi connectivity index (χ1v) is 14.4. The van der Waals surface area contributed by atoms with E-state index >= 15 is 0 Å². The number of rotatable bonds is 13. The van der Waals surface area contributed by atoms with Crippen molar-refractivity contribution in [2.75, 3.05) is 24.7 Å². The van der Waals surface area contributed by atoms with Crippen molar-refractivity contribution in [2.24, 2.45) is 0 Å². The van der Waals surface area contributed by atoms with Crippen molar-refractivity contribution in [3.8, 4) is 0 Å². The van der Waals surface area contributed by atoms with Gasteiger partial charge in [-0.15, -0.1) is 0 Å². The minimum absolute atomic E-state index is 0.176. The Labute approximate surface area is 173 Å². The van der Waals surface area contributed by atoms with Crippen molar-refractivity contribution in [3.05, 3.63) is 0 Å². The molecule has 2 atom stereocenters. The number of esters is 2. The second-order valence-electron chi connectivity index (χ2n) is 6.59. The molecule has 2 unspecified atom stereocenters. The van der Waals surface area contributed by atoms with E-state index in [9.17, 15) is 9.59 Å². The van der Waals surface area contributed by atoms with Crippen molar-refractivity contribution < 1.29 is 19.1 Å². The summed E-state index contributed by atoms with van der Waals surface area (Å²) in [6.45, 7) is 0.352. The minimum atomic E-state index is -0.179. The molecule has 4 nitrogen and oxygen atoms in total. The highest BCUT2D eigenvalue weighted by Crippen LogP contribution is 2.40. The van der Waals surface area contributed by atoms with Crippen LogP contribution in [0.1, 0.15) is 64.2 Å². The lowest BCUT2D eigenvalue weighted by Gasteiger charge is -2.08. The van der Waals surface area contributed by atoms with Gasteiger partial charge in [0.25, 0.3) is 0 Å². The van der Waals surface area contributed by atoms with E-state index in [1.54, 1.807) is 0 Å². The highest BCUT2D eigenvalue weighted by molar-refractivity contribution is 8.77. The molecule has 150 valence electrons. The molecule has 0 N–H and O–H groups in total. The molecule has 0 aliphatic carbocycles. The highest BCUT2D eigenvalue weighted by Gasteiger charge is 2.17. The van der Waals surface area contributed by atoms with Crippen molar-refractivity contribution in [1.29, 1.82) is 0 Å². The first-order chi connectivity index (χ1) is 12.7. The number of carbonyl (C=O) groups excluding carboxylic acids is 2. The Morgan fingerprint density at radius 2 is 1.19 bits per heavy atom. The van der Waals surface area contributed by atoms with Crippen LogP contribution < -0.4 is 0 Å². The summed E-state index contributed by atoms with van der Waals surface area (Å²) in [6.07, 6.45) is 9.86. The summed E-state index contributed by atoms with van der Waals surface area (Å²) in [5, 5.41) is 1.54. The number of hydrogen-bond acceptors (Lipinski definition) is 8. The van der Waals surface area contributed by atoms with Gasteiger partial charge in [-0.1, -0.05) is 56.0 Å². The Hall–Kier alpha value is 0.340. The lowest BCUT2D eigenvalue weighted by atomic mass is 10.1. The molecule has 2 saturated heterocycles. The van der Waals surface area contributed by atoms with Gasteiger partial charge in [-0.25, -0.2) is 0 Å². The first-order valence-electron chi connectivity index (χ1n) is 9.62. The van der Waals surface area contributed by atoms with E-state index in [1.165, 1.54) is 37.2 Å². The lowest BCUT2D eigenvalue weighted by molar-refractivity contribution is -0.152. The number of hydrogen-bond donors (Lipinski definition) is 0. The summed E-state index contributed by atoms with van der Waals surface area (Å²) < 4.78 is 10.3. The molecule has 0 aromatic carbocycles. The molecular formula is C18H30O4S4. The molecule has 2 aliphatic rings. The number of unbranched alkanes of at least 4 members (excludes halogenated alkanes) is 2. The summed E-state index contributed by atoms with van der Waals surface area (Å²) in [5.74, 6) is 2.16. The predicted octanol–water partition coefficient (Wildman–Crippen LogP) is 5.50. The average Bonchev–Trinajstić information content (AvgIpc) is 3.33. The quantitative estimate of drug-likeness (QED) is 0.212. The summed E-state index contributed by atoms with van der Waals surface area (Å²) in [6, 6.07) is 0. The maximum atomic E-state index is 11.6. The standard InChI is InChI=1S/C18H30O4S4/c19-17(7-3-1-5-15-9-13-23-25-15)21-11-12-22-18(20)8-4-2-6-16-10-14-24-26-16/h15-16H,1-14H2. The lowest BCUT2D eigenvalue weighted by Crippen LogP contribution is -2.14. The Balaban J connectivity index is 1.34. The van der Waals surface area contributed by atoms with E-state index < -0.39 is 0 Å². The third-order valence-corrected chi connectivity index (χ3v) is 10.4. The summed E-state index contributed by atoms with van der Waals surface area (Å²) in [4.78, 5) is 23.3. The smallest absolute Gasteiger partial charge is 0.305 e. The maximum absolute atomic E-state index is 11.6. The van der Waals surface area contributed by atoms with E-state index in [4.69, 9.17) is 9.47 Å². The fourth-order valence-corrected chi connectivity index (χ4v) is 8.92. The summed E-state index contributed by atoms with van der Waals surface area (Å²) in [7, 11) is 7.88. The fraction of sp³-hybridized carbons (Fsp3) is 0.889. The Kier molecular flexibility index (Phi) is 12.5. The average molecular weight is 439 g/mol. The molecule has 2 aliphatic heterocycles. The molecule has 0 radical (unpaired) electrons. The largest absolute Gasteiger partial charge is 0.462 e. The van der Waals surface area contributed by atoms with Crippen molar-refractivity contribution in [2.45, 2.75) is 74.7 Å². The van der Waals surface area contributed by atoms with Crippen LogP contribution in [0.25, 0.3) is 0 Å². The zero-order valence-electron chi connectivity index (χ0n) is 15.3. The van der Waals surface area contributed by atoms with Gasteiger partial charge >= 0.3 is 11.9 Å². The monoisotopic (exact) mass is 438 g/mol. The maximum Gasteiger partial charge on any atom is 0.305 e. The Morgan fingerprint density at radius 1 is 0.731 bits per heavy atom. The number of carbonyl (C=O) groups is 2. The predicted molar refractivity (Wildman–Crippen MR) is 116 cm³/mol. The van der Waals surface area contributed by atoms with Gasteiger partial charge < -0.3 is 9.47 Å². The molecule has 8 heteroatoms. The Morgan fingerprint density at radius 3 is 1.58 bits per heavy atom. The zero-order chi connectivity index (χ0) is 18.5. The normalized spacial score (nSPS) is 22.5. The SMILES string of the molecule is O=C(CCCCC1CCSS1)OCCOC(=O)CCCCC1CCSS1. The zero-order valence-corrected chi connectivity index (χ0v) is 18.6. The van der Waals surface area contributed by atoms with Gasteiger partial charge in [0.2, 0.25) is 0 Å². The van der Waals surface area contributed by atoms with Crippen molar-refractivity contribution >= 4 is 55.1 Å². The molecule has 0 amide bonds. The molecule has 0 aromatic rings. The molecule has 0 aromatic heterocycles. The van der Waals surface area contributed by atoms with E-state index in [-0.39, 0.29) is 25.2 Å². The Bertz CT molecular complexity index is 372. The topological polar surface area (TPSA) is 52.6 Å². The molecule has 0 spiro atoms. The van der Waals surface area contributed by atoms with Crippen LogP contribution in [0.15, 0.2) is 0 Å². The molecule has 2 fully saturated rings. The van der Waals surface area contributed by atoms with E-state index in [0.717, 1.165) is 36.2 Å². The van der Waals surface area contributed by atoms with Gasteiger partial charge in [0, 0.05) is 34.8 Å². The second kappa shape index (κ2) is 14.4. The summed E-state index contributed by atoms with van der Waals surface area (Å²) >= 11 is 0. The van der Waals surface area contributed by atoms with Crippen LogP contribution in [-0.4, -0.2) is 47.2 Å². The van der Waals surface area contributed by atoms with E-state index in [1.807, 2.05) is 43.2 Å². The molecule has 2 rings (SSSR count). The molecule has 26 heavy (non-hydrogen) atoms. The number of ether oxygens (including phenoxy) is 2. The molecule has 0 bridgehead atoms. The van der Waals surface area contributed by atoms with Crippen LogP contribution in [-0.2, 0) is 19.1 Å². The van der Waals surface area contributed by atoms with Gasteiger partial charge in [0.05, 0.1) is 0 Å². The van der Waals surface area contributed by atoms with Gasteiger partial charge in [-0.05, 0) is 38.5 Å². The third kappa shape index (κ3) is 10.6. The fourth-order valence-electron chi connectivity index (χ4n) is 2.87. The molecule has 0 saturated carbocycles. The third-order valence-electron chi connectivity index (χ3n) is 4.38. The summed E-state index contributed by atoms with van der Waals surface area (Å²) in [5.41, 5.74) is 0. The van der Waals surface area contributed by atoms with E-state index in [2.05, 4.69) is 0 Å².